The average molecular weight is 430 g/mol. The molecule has 0 unspecified atom stereocenters. The number of fused-ring (bicyclic) bond motifs is 1. The summed E-state index contributed by atoms with van der Waals surface area (Å²) in [4.78, 5) is 23.6. The number of urea groups is 1. The maximum absolute atomic E-state index is 11.8. The zero-order chi connectivity index (χ0) is 21.3. The SMILES string of the molecule is Cc1ccc(CNC(=O)NCC(=O)NNC(=S)NCc2ccc3c(c2)OCO3)cc1. The lowest BCUT2D eigenvalue weighted by molar-refractivity contribution is -0.120. The number of ether oxygens (including phenoxy) is 2. The van der Waals surface area contributed by atoms with Gasteiger partial charge in [0, 0.05) is 13.1 Å². The van der Waals surface area contributed by atoms with Crippen molar-refractivity contribution in [2.24, 2.45) is 0 Å². The molecule has 0 aromatic heterocycles. The number of rotatable bonds is 6. The topological polar surface area (TPSA) is 113 Å². The van der Waals surface area contributed by atoms with E-state index in [2.05, 4.69) is 26.8 Å². The first-order valence-corrected chi connectivity index (χ1v) is 9.69. The summed E-state index contributed by atoms with van der Waals surface area (Å²) in [6.07, 6.45) is 0. The highest BCUT2D eigenvalue weighted by Gasteiger charge is 2.13. The Labute approximate surface area is 179 Å². The van der Waals surface area contributed by atoms with Crippen molar-refractivity contribution in [2.75, 3.05) is 13.3 Å². The first-order chi connectivity index (χ1) is 14.5. The van der Waals surface area contributed by atoms with Crippen molar-refractivity contribution in [3.05, 3.63) is 59.2 Å². The molecule has 0 spiro atoms. The van der Waals surface area contributed by atoms with E-state index in [0.717, 1.165) is 16.7 Å². The average Bonchev–Trinajstić information content (AvgIpc) is 3.22. The van der Waals surface area contributed by atoms with Gasteiger partial charge in [-0.1, -0.05) is 35.9 Å². The highest BCUT2D eigenvalue weighted by atomic mass is 32.1. The molecule has 0 aliphatic carbocycles. The zero-order valence-corrected chi connectivity index (χ0v) is 17.2. The molecule has 30 heavy (non-hydrogen) atoms. The minimum atomic E-state index is -0.437. The molecule has 1 aliphatic rings. The van der Waals surface area contributed by atoms with Gasteiger partial charge in [-0.25, -0.2) is 4.79 Å². The molecular weight excluding hydrogens is 406 g/mol. The Hall–Kier alpha value is -3.53. The van der Waals surface area contributed by atoms with Crippen LogP contribution in [0.15, 0.2) is 42.5 Å². The van der Waals surface area contributed by atoms with Gasteiger partial charge in [0.05, 0.1) is 0 Å². The van der Waals surface area contributed by atoms with E-state index in [9.17, 15) is 9.59 Å². The van der Waals surface area contributed by atoms with Crippen LogP contribution in [0.5, 0.6) is 11.5 Å². The molecule has 9 nitrogen and oxygen atoms in total. The molecule has 0 fully saturated rings. The molecule has 10 heteroatoms. The lowest BCUT2D eigenvalue weighted by atomic mass is 10.1. The van der Waals surface area contributed by atoms with Crippen LogP contribution in [-0.4, -0.2) is 30.4 Å². The van der Waals surface area contributed by atoms with Crippen LogP contribution < -0.4 is 36.3 Å². The Bertz CT molecular complexity index is 920. The van der Waals surface area contributed by atoms with E-state index in [0.29, 0.717) is 24.6 Å². The van der Waals surface area contributed by atoms with Gasteiger partial charge in [0.2, 0.25) is 6.79 Å². The number of carbonyl (C=O) groups is 2. The highest BCUT2D eigenvalue weighted by Crippen LogP contribution is 2.32. The number of amides is 3. The number of hydrazine groups is 1. The van der Waals surface area contributed by atoms with Crippen molar-refractivity contribution >= 4 is 29.3 Å². The molecule has 0 atom stereocenters. The van der Waals surface area contributed by atoms with Gasteiger partial charge in [0.1, 0.15) is 6.54 Å². The number of hydrogen-bond donors (Lipinski definition) is 5. The number of hydrogen-bond acceptors (Lipinski definition) is 5. The monoisotopic (exact) mass is 429 g/mol. The number of aryl methyl sites for hydroxylation is 1. The maximum atomic E-state index is 11.8. The molecule has 0 bridgehead atoms. The predicted molar refractivity (Wildman–Crippen MR) is 115 cm³/mol. The first kappa shape index (κ1) is 21.2. The fraction of sp³-hybridized carbons (Fsp3) is 0.250. The molecule has 0 saturated carbocycles. The van der Waals surface area contributed by atoms with Crippen molar-refractivity contribution in [1.82, 2.24) is 26.8 Å². The Morgan fingerprint density at radius 1 is 0.900 bits per heavy atom. The fourth-order valence-corrected chi connectivity index (χ4v) is 2.68. The normalized spacial score (nSPS) is 11.4. The molecule has 5 N–H and O–H groups in total. The van der Waals surface area contributed by atoms with Gasteiger partial charge in [-0.15, -0.1) is 0 Å². The molecule has 1 aliphatic heterocycles. The summed E-state index contributed by atoms with van der Waals surface area (Å²) >= 11 is 5.12. The van der Waals surface area contributed by atoms with E-state index in [-0.39, 0.29) is 18.5 Å². The molecular formula is C20H23N5O4S. The number of carbonyl (C=O) groups excluding carboxylic acids is 2. The quantitative estimate of drug-likeness (QED) is 0.347. The van der Waals surface area contributed by atoms with Crippen LogP contribution >= 0.6 is 12.2 Å². The Morgan fingerprint density at radius 2 is 1.60 bits per heavy atom. The molecule has 3 rings (SSSR count). The third-order valence-corrected chi connectivity index (χ3v) is 4.44. The van der Waals surface area contributed by atoms with Crippen LogP contribution in [0.3, 0.4) is 0 Å². The second kappa shape index (κ2) is 10.3. The minimum absolute atomic E-state index is 0.197. The van der Waals surface area contributed by atoms with E-state index < -0.39 is 11.9 Å². The van der Waals surface area contributed by atoms with Gasteiger partial charge in [-0.2, -0.15) is 0 Å². The van der Waals surface area contributed by atoms with Gasteiger partial charge in [0.25, 0.3) is 5.91 Å². The lowest BCUT2D eigenvalue weighted by Gasteiger charge is -2.12. The van der Waals surface area contributed by atoms with Crippen molar-refractivity contribution < 1.29 is 19.1 Å². The van der Waals surface area contributed by atoms with E-state index in [4.69, 9.17) is 21.7 Å². The van der Waals surface area contributed by atoms with Crippen LogP contribution in [0.1, 0.15) is 16.7 Å². The summed E-state index contributed by atoms with van der Waals surface area (Å²) in [5, 5.41) is 8.37. The molecule has 0 saturated heterocycles. The van der Waals surface area contributed by atoms with Crippen LogP contribution in [0.4, 0.5) is 4.79 Å². The van der Waals surface area contributed by atoms with Crippen LogP contribution in [0.25, 0.3) is 0 Å². The largest absolute Gasteiger partial charge is 0.454 e. The van der Waals surface area contributed by atoms with Gasteiger partial charge in [-0.3, -0.25) is 15.6 Å². The molecule has 2 aromatic carbocycles. The summed E-state index contributed by atoms with van der Waals surface area (Å²) in [5.74, 6) is 0.961. The van der Waals surface area contributed by atoms with Gasteiger partial charge >= 0.3 is 6.03 Å². The van der Waals surface area contributed by atoms with Crippen LogP contribution in [0.2, 0.25) is 0 Å². The van der Waals surface area contributed by atoms with E-state index in [1.165, 1.54) is 0 Å². The smallest absolute Gasteiger partial charge is 0.315 e. The van der Waals surface area contributed by atoms with Crippen molar-refractivity contribution in [1.29, 1.82) is 0 Å². The second-order valence-corrected chi connectivity index (χ2v) is 6.97. The minimum Gasteiger partial charge on any atom is -0.454 e. The molecule has 158 valence electrons. The lowest BCUT2D eigenvalue weighted by Crippen LogP contribution is -2.50. The van der Waals surface area contributed by atoms with E-state index in [1.54, 1.807) is 0 Å². The fourth-order valence-electron chi connectivity index (χ4n) is 2.56. The van der Waals surface area contributed by atoms with Crippen LogP contribution in [0, 0.1) is 6.92 Å². The maximum Gasteiger partial charge on any atom is 0.315 e. The van der Waals surface area contributed by atoms with Crippen molar-refractivity contribution in [3.8, 4) is 11.5 Å². The Kier molecular flexibility index (Phi) is 7.28. The summed E-state index contributed by atoms with van der Waals surface area (Å²) < 4.78 is 10.6. The van der Waals surface area contributed by atoms with Crippen LogP contribution in [-0.2, 0) is 17.9 Å². The third kappa shape index (κ3) is 6.52. The summed E-state index contributed by atoms with van der Waals surface area (Å²) in [5.41, 5.74) is 8.07. The predicted octanol–water partition coefficient (Wildman–Crippen LogP) is 1.22. The summed E-state index contributed by atoms with van der Waals surface area (Å²) in [6.45, 7) is 2.83. The highest BCUT2D eigenvalue weighted by molar-refractivity contribution is 7.80. The van der Waals surface area contributed by atoms with Gasteiger partial charge in [0.15, 0.2) is 16.6 Å². The van der Waals surface area contributed by atoms with E-state index in [1.807, 2.05) is 49.4 Å². The number of nitrogens with one attached hydrogen (secondary N) is 5. The van der Waals surface area contributed by atoms with Gasteiger partial charge in [-0.05, 0) is 42.4 Å². The first-order valence-electron chi connectivity index (χ1n) is 9.28. The Balaban J connectivity index is 1.28. The van der Waals surface area contributed by atoms with Crippen molar-refractivity contribution in [3.63, 3.8) is 0 Å². The second-order valence-electron chi connectivity index (χ2n) is 6.57. The Morgan fingerprint density at radius 3 is 2.40 bits per heavy atom. The van der Waals surface area contributed by atoms with Gasteiger partial charge < -0.3 is 25.4 Å². The summed E-state index contributed by atoms with van der Waals surface area (Å²) in [6, 6.07) is 12.9. The molecule has 1 heterocycles. The standard InChI is InChI=1S/C20H23N5O4S/c1-13-2-4-14(5-3-13)9-21-19(27)22-11-18(26)24-25-20(30)23-10-15-6-7-16-17(8-15)29-12-28-16/h2-8H,9-12H2,1H3,(H,24,26)(H2,21,22,27)(H2,23,25,30). The molecule has 2 aromatic rings. The summed E-state index contributed by atoms with van der Waals surface area (Å²) in [7, 11) is 0. The molecule has 0 radical (unpaired) electrons. The van der Waals surface area contributed by atoms with Crippen molar-refractivity contribution in [2.45, 2.75) is 20.0 Å². The van der Waals surface area contributed by atoms with E-state index >= 15 is 0 Å². The third-order valence-electron chi connectivity index (χ3n) is 4.19. The number of thiocarbonyl (C=S) groups is 1. The number of benzene rings is 2. The zero-order valence-electron chi connectivity index (χ0n) is 16.4. The molecule has 3 amide bonds.